The van der Waals surface area contributed by atoms with Crippen molar-refractivity contribution in [3.8, 4) is 11.5 Å². The number of amides is 1. The SMILES string of the molecule is CC(C)C(N)CCN(C)C(=O)c1ccc(-c2ccco2)[nH]c1=O.Cl. The molecule has 1 amide bonds. The van der Waals surface area contributed by atoms with E-state index in [1.54, 1.807) is 25.2 Å². The number of pyridine rings is 1. The predicted octanol–water partition coefficient (Wildman–Crippen LogP) is 2.50. The van der Waals surface area contributed by atoms with Gasteiger partial charge in [0.15, 0.2) is 0 Å². The highest BCUT2D eigenvalue weighted by atomic mass is 35.5. The number of hydrogen-bond acceptors (Lipinski definition) is 4. The van der Waals surface area contributed by atoms with E-state index < -0.39 is 5.56 Å². The number of nitrogens with zero attached hydrogens (tertiary/aromatic N) is 1. The third-order valence-electron chi connectivity index (χ3n) is 3.93. The first-order valence-electron chi connectivity index (χ1n) is 7.68. The molecule has 132 valence electrons. The lowest BCUT2D eigenvalue weighted by molar-refractivity contribution is 0.0787. The number of aromatic amines is 1. The lowest BCUT2D eigenvalue weighted by Gasteiger charge is -2.21. The van der Waals surface area contributed by atoms with E-state index in [4.69, 9.17) is 10.2 Å². The number of nitrogens with one attached hydrogen (secondary N) is 1. The Balaban J connectivity index is 0.00000288. The summed E-state index contributed by atoms with van der Waals surface area (Å²) in [4.78, 5) is 28.7. The van der Waals surface area contributed by atoms with Crippen LogP contribution in [0.1, 0.15) is 30.6 Å². The zero-order chi connectivity index (χ0) is 17.0. The Kier molecular flexibility index (Phi) is 7.25. The molecule has 0 aliphatic rings. The lowest BCUT2D eigenvalue weighted by Crippen LogP contribution is -2.36. The highest BCUT2D eigenvalue weighted by Crippen LogP contribution is 2.16. The molecule has 1 atom stereocenters. The van der Waals surface area contributed by atoms with E-state index in [1.807, 2.05) is 13.8 Å². The minimum Gasteiger partial charge on any atom is -0.463 e. The minimum atomic E-state index is -0.427. The smallest absolute Gasteiger partial charge is 0.261 e. The van der Waals surface area contributed by atoms with Crippen molar-refractivity contribution in [3.63, 3.8) is 0 Å². The van der Waals surface area contributed by atoms with Crippen LogP contribution in [0.15, 0.2) is 39.7 Å². The average molecular weight is 354 g/mol. The molecule has 6 nitrogen and oxygen atoms in total. The van der Waals surface area contributed by atoms with Gasteiger partial charge in [-0.2, -0.15) is 0 Å². The summed E-state index contributed by atoms with van der Waals surface area (Å²) in [6.07, 6.45) is 2.22. The van der Waals surface area contributed by atoms with Gasteiger partial charge in [0, 0.05) is 19.6 Å². The summed E-state index contributed by atoms with van der Waals surface area (Å²) in [6.45, 7) is 4.60. The molecule has 3 N–H and O–H groups in total. The molecule has 0 spiro atoms. The van der Waals surface area contributed by atoms with Gasteiger partial charge in [0.05, 0.1) is 12.0 Å². The van der Waals surface area contributed by atoms with Gasteiger partial charge in [0.25, 0.3) is 11.5 Å². The molecule has 7 heteroatoms. The summed E-state index contributed by atoms with van der Waals surface area (Å²) in [5.74, 6) is 0.597. The van der Waals surface area contributed by atoms with Gasteiger partial charge in [0.2, 0.25) is 0 Å². The Labute approximate surface area is 147 Å². The zero-order valence-electron chi connectivity index (χ0n) is 14.1. The Morgan fingerprint density at radius 2 is 2.04 bits per heavy atom. The van der Waals surface area contributed by atoms with Crippen LogP contribution in [0.2, 0.25) is 0 Å². The van der Waals surface area contributed by atoms with Gasteiger partial charge >= 0.3 is 0 Å². The van der Waals surface area contributed by atoms with E-state index in [0.717, 1.165) is 0 Å². The van der Waals surface area contributed by atoms with Crippen LogP contribution in [0.4, 0.5) is 0 Å². The molecule has 0 saturated heterocycles. The molecule has 0 fully saturated rings. The fourth-order valence-electron chi connectivity index (χ4n) is 2.20. The van der Waals surface area contributed by atoms with Gasteiger partial charge < -0.3 is 20.0 Å². The molecule has 24 heavy (non-hydrogen) atoms. The van der Waals surface area contributed by atoms with Crippen molar-refractivity contribution < 1.29 is 9.21 Å². The maximum atomic E-state index is 12.4. The van der Waals surface area contributed by atoms with E-state index in [-0.39, 0.29) is 29.9 Å². The summed E-state index contributed by atoms with van der Waals surface area (Å²) < 4.78 is 5.23. The monoisotopic (exact) mass is 353 g/mol. The van der Waals surface area contributed by atoms with Gasteiger partial charge in [-0.05, 0) is 36.6 Å². The highest BCUT2D eigenvalue weighted by molar-refractivity contribution is 5.93. The van der Waals surface area contributed by atoms with Crippen LogP contribution in [0.25, 0.3) is 11.5 Å². The first-order chi connectivity index (χ1) is 10.9. The molecular formula is C17H24ClN3O3. The van der Waals surface area contributed by atoms with Crippen LogP contribution in [-0.4, -0.2) is 35.4 Å². The molecule has 0 bridgehead atoms. The Bertz CT molecular complexity index is 710. The quantitative estimate of drug-likeness (QED) is 0.834. The lowest BCUT2D eigenvalue weighted by atomic mass is 10.0. The summed E-state index contributed by atoms with van der Waals surface area (Å²) in [6, 6.07) is 6.70. The first-order valence-corrected chi connectivity index (χ1v) is 7.68. The van der Waals surface area contributed by atoms with E-state index in [9.17, 15) is 9.59 Å². The van der Waals surface area contributed by atoms with Crippen molar-refractivity contribution >= 4 is 18.3 Å². The molecule has 2 rings (SSSR count). The van der Waals surface area contributed by atoms with E-state index >= 15 is 0 Å². The second kappa shape index (κ2) is 8.70. The van der Waals surface area contributed by atoms with Crippen LogP contribution in [0.3, 0.4) is 0 Å². The van der Waals surface area contributed by atoms with Crippen molar-refractivity contribution in [2.45, 2.75) is 26.3 Å². The third-order valence-corrected chi connectivity index (χ3v) is 3.93. The molecule has 0 radical (unpaired) electrons. The second-order valence-electron chi connectivity index (χ2n) is 6.02. The molecule has 0 aliphatic carbocycles. The number of carbonyl (C=O) groups is 1. The van der Waals surface area contributed by atoms with Crippen molar-refractivity contribution in [1.29, 1.82) is 0 Å². The van der Waals surface area contributed by atoms with Crippen LogP contribution in [0.5, 0.6) is 0 Å². The van der Waals surface area contributed by atoms with Crippen molar-refractivity contribution in [2.24, 2.45) is 11.7 Å². The number of furan rings is 1. The van der Waals surface area contributed by atoms with Gasteiger partial charge in [-0.15, -0.1) is 12.4 Å². The Morgan fingerprint density at radius 1 is 1.33 bits per heavy atom. The molecule has 0 aromatic carbocycles. The minimum absolute atomic E-state index is 0. The maximum absolute atomic E-state index is 12.4. The standard InChI is InChI=1S/C17H23N3O3.ClH/c1-11(2)13(18)8-9-20(3)17(22)12-6-7-14(19-16(12)21)15-5-4-10-23-15;/h4-7,10-11,13H,8-9,18H2,1-3H3,(H,19,21);1H. The number of H-pyrrole nitrogens is 1. The van der Waals surface area contributed by atoms with Crippen LogP contribution < -0.4 is 11.3 Å². The number of nitrogens with two attached hydrogens (primary N) is 1. The van der Waals surface area contributed by atoms with Crippen molar-refractivity contribution in [1.82, 2.24) is 9.88 Å². The molecule has 0 saturated carbocycles. The summed E-state index contributed by atoms with van der Waals surface area (Å²) in [5.41, 5.74) is 6.22. The maximum Gasteiger partial charge on any atom is 0.261 e. The van der Waals surface area contributed by atoms with E-state index in [1.165, 1.54) is 17.2 Å². The van der Waals surface area contributed by atoms with Gasteiger partial charge in [-0.25, -0.2) is 0 Å². The summed E-state index contributed by atoms with van der Waals surface area (Å²) in [7, 11) is 1.68. The Morgan fingerprint density at radius 3 is 2.58 bits per heavy atom. The number of aromatic nitrogens is 1. The fourth-order valence-corrected chi connectivity index (χ4v) is 2.20. The number of carbonyl (C=O) groups excluding carboxylic acids is 1. The Hall–Kier alpha value is -2.05. The highest BCUT2D eigenvalue weighted by Gasteiger charge is 2.17. The zero-order valence-corrected chi connectivity index (χ0v) is 14.9. The van der Waals surface area contributed by atoms with E-state index in [2.05, 4.69) is 4.98 Å². The van der Waals surface area contributed by atoms with Crippen molar-refractivity contribution in [2.75, 3.05) is 13.6 Å². The molecule has 2 heterocycles. The summed E-state index contributed by atoms with van der Waals surface area (Å²) >= 11 is 0. The first kappa shape index (κ1) is 20.0. The molecule has 1 unspecified atom stereocenters. The molecular weight excluding hydrogens is 330 g/mol. The normalized spacial score (nSPS) is 11.9. The van der Waals surface area contributed by atoms with Gasteiger partial charge in [0.1, 0.15) is 11.3 Å². The van der Waals surface area contributed by atoms with Crippen LogP contribution in [-0.2, 0) is 0 Å². The van der Waals surface area contributed by atoms with Gasteiger partial charge in [-0.1, -0.05) is 13.8 Å². The number of hydrogen-bond donors (Lipinski definition) is 2. The average Bonchev–Trinajstić information content (AvgIpc) is 3.05. The number of rotatable bonds is 6. The molecule has 2 aromatic rings. The third kappa shape index (κ3) is 4.72. The summed E-state index contributed by atoms with van der Waals surface area (Å²) in [5, 5.41) is 0. The fraction of sp³-hybridized carbons (Fsp3) is 0.412. The van der Waals surface area contributed by atoms with Crippen LogP contribution >= 0.6 is 12.4 Å². The van der Waals surface area contributed by atoms with Crippen LogP contribution in [0, 0.1) is 5.92 Å². The largest absolute Gasteiger partial charge is 0.463 e. The van der Waals surface area contributed by atoms with Gasteiger partial charge in [-0.3, -0.25) is 9.59 Å². The van der Waals surface area contributed by atoms with Crippen molar-refractivity contribution in [3.05, 3.63) is 46.4 Å². The van der Waals surface area contributed by atoms with E-state index in [0.29, 0.717) is 30.3 Å². The molecule has 0 aliphatic heterocycles. The topological polar surface area (TPSA) is 92.3 Å². The predicted molar refractivity (Wildman–Crippen MR) is 96.4 cm³/mol. The number of halogens is 1. The second-order valence-corrected chi connectivity index (χ2v) is 6.02. The molecule has 2 aromatic heterocycles.